The van der Waals surface area contributed by atoms with Crippen molar-refractivity contribution in [3.8, 4) is 5.69 Å². The summed E-state index contributed by atoms with van der Waals surface area (Å²) >= 11 is 12.6. The predicted molar refractivity (Wildman–Crippen MR) is 96.3 cm³/mol. The van der Waals surface area contributed by atoms with Gasteiger partial charge in [0.25, 0.3) is 0 Å². The Bertz CT molecular complexity index is 882. The van der Waals surface area contributed by atoms with Crippen molar-refractivity contribution in [2.75, 3.05) is 24.6 Å². The summed E-state index contributed by atoms with van der Waals surface area (Å²) < 4.78 is 1.94. The van der Waals surface area contributed by atoms with Gasteiger partial charge in [0.1, 0.15) is 5.82 Å². The second-order valence-electron chi connectivity index (χ2n) is 6.01. The zero-order valence-electron chi connectivity index (χ0n) is 12.9. The molecular weight excluding hydrogens is 347 g/mol. The lowest BCUT2D eigenvalue weighted by Gasteiger charge is -2.20. The Labute approximate surface area is 149 Å². The summed E-state index contributed by atoms with van der Waals surface area (Å²) in [7, 11) is 0. The first-order valence-corrected chi connectivity index (χ1v) is 8.56. The van der Waals surface area contributed by atoms with Crippen LogP contribution in [0.4, 0.5) is 5.82 Å². The number of hydrogen-bond acceptors (Lipinski definition) is 4. The maximum atomic E-state index is 9.39. The van der Waals surface area contributed by atoms with Crippen molar-refractivity contribution in [1.82, 2.24) is 14.5 Å². The lowest BCUT2D eigenvalue weighted by Crippen LogP contribution is -2.22. The number of halogens is 2. The molecule has 1 saturated heterocycles. The van der Waals surface area contributed by atoms with Crippen molar-refractivity contribution in [3.63, 3.8) is 0 Å². The Morgan fingerprint density at radius 1 is 1.29 bits per heavy atom. The van der Waals surface area contributed by atoms with Crippen LogP contribution in [-0.4, -0.2) is 39.3 Å². The molecule has 2 aromatic heterocycles. The highest BCUT2D eigenvalue weighted by molar-refractivity contribution is 6.45. The molecule has 0 radical (unpaired) electrons. The van der Waals surface area contributed by atoms with Gasteiger partial charge >= 0.3 is 0 Å². The van der Waals surface area contributed by atoms with E-state index >= 15 is 0 Å². The summed E-state index contributed by atoms with van der Waals surface area (Å²) in [5.74, 6) is 1.13. The summed E-state index contributed by atoms with van der Waals surface area (Å²) in [6, 6.07) is 5.75. The lowest BCUT2D eigenvalue weighted by molar-refractivity contribution is 0.238. The molecule has 1 unspecified atom stereocenters. The Morgan fingerprint density at radius 3 is 2.88 bits per heavy atom. The van der Waals surface area contributed by atoms with Crippen LogP contribution in [0, 0.1) is 5.92 Å². The van der Waals surface area contributed by atoms with E-state index in [1.807, 2.05) is 22.9 Å². The maximum Gasteiger partial charge on any atom is 0.131 e. The van der Waals surface area contributed by atoms with E-state index in [1.54, 1.807) is 18.6 Å². The van der Waals surface area contributed by atoms with E-state index in [0.29, 0.717) is 15.6 Å². The van der Waals surface area contributed by atoms with Gasteiger partial charge in [-0.15, -0.1) is 0 Å². The Balaban J connectivity index is 1.91. The molecule has 3 heterocycles. The fraction of sp³-hybridized carbons (Fsp3) is 0.294. The van der Waals surface area contributed by atoms with Crippen molar-refractivity contribution < 1.29 is 5.11 Å². The van der Waals surface area contributed by atoms with E-state index in [9.17, 15) is 5.11 Å². The van der Waals surface area contributed by atoms with Gasteiger partial charge in [0.05, 0.1) is 27.6 Å². The van der Waals surface area contributed by atoms with Crippen molar-refractivity contribution in [3.05, 3.63) is 47.0 Å². The highest BCUT2D eigenvalue weighted by Crippen LogP contribution is 2.35. The molecule has 0 amide bonds. The molecule has 0 saturated carbocycles. The van der Waals surface area contributed by atoms with Gasteiger partial charge in [-0.3, -0.25) is 0 Å². The Hall–Kier alpha value is -1.82. The minimum atomic E-state index is 0.199. The predicted octanol–water partition coefficient (Wildman–Crippen LogP) is 3.55. The smallest absolute Gasteiger partial charge is 0.131 e. The normalized spacial score (nSPS) is 17.8. The van der Waals surface area contributed by atoms with Crippen molar-refractivity contribution >= 4 is 39.9 Å². The average Bonchev–Trinajstić information content (AvgIpc) is 3.28. The van der Waals surface area contributed by atoms with Crippen LogP contribution in [0.1, 0.15) is 6.42 Å². The number of benzene rings is 1. The number of anilines is 1. The van der Waals surface area contributed by atoms with Crippen molar-refractivity contribution in [1.29, 1.82) is 0 Å². The Morgan fingerprint density at radius 2 is 2.17 bits per heavy atom. The number of fused-ring (bicyclic) bond motifs is 1. The first-order chi connectivity index (χ1) is 11.7. The number of aliphatic hydroxyl groups is 1. The summed E-state index contributed by atoms with van der Waals surface area (Å²) in [5.41, 5.74) is 1.64. The van der Waals surface area contributed by atoms with Gasteiger partial charge in [-0.2, -0.15) is 0 Å². The van der Waals surface area contributed by atoms with Crippen molar-refractivity contribution in [2.24, 2.45) is 5.92 Å². The molecule has 1 N–H and O–H groups in total. The number of hydrogen-bond donors (Lipinski definition) is 1. The fourth-order valence-corrected chi connectivity index (χ4v) is 3.53. The quantitative estimate of drug-likeness (QED) is 0.773. The number of aromatic nitrogens is 3. The SMILES string of the molecule is OCC1CCN(c2cc(-n3ccnc3)c3ccc(Cl)c(Cl)c3n2)C1. The molecule has 5 nitrogen and oxygen atoms in total. The standard InChI is InChI=1S/C17H16Cl2N4O/c18-13-2-1-12-14(23-6-4-20-10-23)7-15(21-17(12)16(13)19)22-5-3-11(8-22)9-24/h1-2,4,6-7,10-11,24H,3,5,8-9H2. The number of aliphatic hydroxyl groups excluding tert-OH is 1. The topological polar surface area (TPSA) is 54.2 Å². The largest absolute Gasteiger partial charge is 0.396 e. The average molecular weight is 363 g/mol. The minimum absolute atomic E-state index is 0.199. The monoisotopic (exact) mass is 362 g/mol. The van der Waals surface area contributed by atoms with Crippen LogP contribution in [0.3, 0.4) is 0 Å². The zero-order chi connectivity index (χ0) is 16.7. The minimum Gasteiger partial charge on any atom is -0.396 e. The molecule has 1 aromatic carbocycles. The van der Waals surface area contributed by atoms with Gasteiger partial charge in [-0.05, 0) is 18.6 Å². The van der Waals surface area contributed by atoms with Crippen LogP contribution in [0.15, 0.2) is 36.9 Å². The van der Waals surface area contributed by atoms with Crippen LogP contribution in [0.5, 0.6) is 0 Å². The van der Waals surface area contributed by atoms with E-state index < -0.39 is 0 Å². The highest BCUT2D eigenvalue weighted by Gasteiger charge is 2.24. The molecule has 24 heavy (non-hydrogen) atoms. The third-order valence-corrected chi connectivity index (χ3v) is 5.28. The summed E-state index contributed by atoms with van der Waals surface area (Å²) in [6.07, 6.45) is 6.34. The fourth-order valence-electron chi connectivity index (χ4n) is 3.17. The second kappa shape index (κ2) is 6.24. The van der Waals surface area contributed by atoms with Crippen LogP contribution < -0.4 is 4.90 Å². The summed E-state index contributed by atoms with van der Waals surface area (Å²) in [6.45, 7) is 1.85. The van der Waals surface area contributed by atoms with E-state index in [0.717, 1.165) is 36.4 Å². The van der Waals surface area contributed by atoms with E-state index in [1.165, 1.54) is 0 Å². The maximum absolute atomic E-state index is 9.39. The third-order valence-electron chi connectivity index (χ3n) is 4.49. The van der Waals surface area contributed by atoms with Gasteiger partial charge in [0.2, 0.25) is 0 Å². The molecule has 1 fully saturated rings. The molecule has 7 heteroatoms. The van der Waals surface area contributed by atoms with Gasteiger partial charge in [0.15, 0.2) is 0 Å². The molecule has 0 spiro atoms. The highest BCUT2D eigenvalue weighted by atomic mass is 35.5. The van der Waals surface area contributed by atoms with Gasteiger partial charge in [-0.25, -0.2) is 9.97 Å². The summed E-state index contributed by atoms with van der Waals surface area (Å²) in [4.78, 5) is 11.1. The molecule has 4 rings (SSSR count). The van der Waals surface area contributed by atoms with Crippen molar-refractivity contribution in [2.45, 2.75) is 6.42 Å². The van der Waals surface area contributed by atoms with Gasteiger partial charge < -0.3 is 14.6 Å². The van der Waals surface area contributed by atoms with Crippen LogP contribution in [0.25, 0.3) is 16.6 Å². The first-order valence-electron chi connectivity index (χ1n) is 7.80. The first kappa shape index (κ1) is 15.7. The molecule has 124 valence electrons. The Kier molecular flexibility index (Phi) is 4.08. The third kappa shape index (κ3) is 2.62. The van der Waals surface area contributed by atoms with E-state index in [4.69, 9.17) is 28.2 Å². The van der Waals surface area contributed by atoms with Gasteiger partial charge in [-0.1, -0.05) is 23.2 Å². The molecule has 1 aliphatic heterocycles. The number of imidazole rings is 1. The van der Waals surface area contributed by atoms with Gasteiger partial charge in [0, 0.05) is 49.5 Å². The van der Waals surface area contributed by atoms with E-state index in [2.05, 4.69) is 9.88 Å². The zero-order valence-corrected chi connectivity index (χ0v) is 14.4. The number of nitrogens with zero attached hydrogens (tertiary/aromatic N) is 4. The molecule has 1 aliphatic rings. The molecule has 0 bridgehead atoms. The number of pyridine rings is 1. The molecule has 1 atom stereocenters. The summed E-state index contributed by atoms with van der Waals surface area (Å²) in [5, 5.41) is 11.3. The second-order valence-corrected chi connectivity index (χ2v) is 6.80. The lowest BCUT2D eigenvalue weighted by atomic mass is 10.1. The van der Waals surface area contributed by atoms with Crippen LogP contribution in [-0.2, 0) is 0 Å². The van der Waals surface area contributed by atoms with Crippen LogP contribution >= 0.6 is 23.2 Å². The molecular formula is C17H16Cl2N4O. The molecule has 0 aliphatic carbocycles. The molecule has 3 aromatic rings. The van der Waals surface area contributed by atoms with Crippen LogP contribution in [0.2, 0.25) is 10.0 Å². The number of rotatable bonds is 3. The van der Waals surface area contributed by atoms with E-state index in [-0.39, 0.29) is 12.5 Å².